The number of methoxy groups -OCH3 is 4. The molecular weight excluding hydrogens is 732 g/mol. The molecule has 2 heterocycles. The standard InChI is InChI=1S/2C20H21NO7/c2*1-4-27-17-10-20-9-16(26-3)14(22)8-12(20)13(21(23)24)7-11-5-6-15(25-2)19(28-17)18(11)20/h2*5-7,9,12,17H,4,8,10H2,1-3H3/t2*12-,17-,20+/m10/s1. The minimum atomic E-state index is -0.853. The van der Waals surface area contributed by atoms with E-state index in [9.17, 15) is 29.8 Å². The van der Waals surface area contributed by atoms with Crippen molar-refractivity contribution in [2.75, 3.05) is 41.7 Å². The SMILES string of the molecule is CCO[C@@H]1C[C@]23C=C(OC)C(=O)C[C@H]2C([N+](=O)[O-])=Cc2ccc(OC)c(c23)O1.CCO[C@H]1C[C@@]23C=C(OC)C(=O)C[C@@H]2C([N+](=O)[O-])=Cc2ccc(OC)c(c23)O1. The number of allylic oxidation sites excluding steroid dienone is 6. The molecule has 16 heteroatoms. The zero-order chi connectivity index (χ0) is 40.1. The van der Waals surface area contributed by atoms with Gasteiger partial charge in [-0.15, -0.1) is 0 Å². The fraction of sp³-hybridized carbons (Fsp3) is 0.450. The van der Waals surface area contributed by atoms with Crippen molar-refractivity contribution in [2.24, 2.45) is 11.8 Å². The van der Waals surface area contributed by atoms with Crippen LogP contribution in [0.15, 0.2) is 59.3 Å². The van der Waals surface area contributed by atoms with Gasteiger partial charge in [0.15, 0.2) is 46.1 Å². The van der Waals surface area contributed by atoms with Crippen LogP contribution in [0, 0.1) is 32.1 Å². The minimum Gasteiger partial charge on any atom is -0.493 e. The van der Waals surface area contributed by atoms with Crippen LogP contribution in [0.3, 0.4) is 0 Å². The van der Waals surface area contributed by atoms with Crippen LogP contribution >= 0.6 is 0 Å². The lowest BCUT2D eigenvalue weighted by Gasteiger charge is -2.48. The lowest BCUT2D eigenvalue weighted by Crippen LogP contribution is -2.50. The summed E-state index contributed by atoms with van der Waals surface area (Å²) in [5.74, 6) is 0.654. The number of ether oxygens (including phenoxy) is 8. The van der Waals surface area contributed by atoms with E-state index in [4.69, 9.17) is 37.9 Å². The molecule has 296 valence electrons. The highest BCUT2D eigenvalue weighted by Gasteiger charge is 2.59. The first kappa shape index (κ1) is 38.5. The number of Topliss-reactive ketones (excluding diaryl/α,β-unsaturated/α-hetero) is 2. The van der Waals surface area contributed by atoms with E-state index in [-0.39, 0.29) is 47.3 Å². The van der Waals surface area contributed by atoms with Gasteiger partial charge in [-0.2, -0.15) is 0 Å². The second-order valence-electron chi connectivity index (χ2n) is 14.1. The molecule has 0 unspecified atom stereocenters. The highest BCUT2D eigenvalue weighted by molar-refractivity contribution is 5.97. The van der Waals surface area contributed by atoms with E-state index in [1.54, 1.807) is 36.4 Å². The maximum atomic E-state index is 12.5. The van der Waals surface area contributed by atoms with Gasteiger partial charge in [-0.3, -0.25) is 29.8 Å². The Kier molecular flexibility index (Phi) is 10.1. The van der Waals surface area contributed by atoms with Crippen LogP contribution in [-0.4, -0.2) is 75.6 Å². The molecule has 2 spiro atoms. The van der Waals surface area contributed by atoms with Crippen LogP contribution in [0.2, 0.25) is 0 Å². The second-order valence-corrected chi connectivity index (χ2v) is 14.1. The Morgan fingerprint density at radius 1 is 0.661 bits per heavy atom. The molecule has 0 saturated heterocycles. The number of ketones is 2. The van der Waals surface area contributed by atoms with E-state index in [2.05, 4.69) is 0 Å². The molecule has 16 nitrogen and oxygen atoms in total. The van der Waals surface area contributed by atoms with Gasteiger partial charge < -0.3 is 37.9 Å². The average molecular weight is 775 g/mol. The Bertz CT molecular complexity index is 1990. The molecule has 0 aromatic heterocycles. The molecule has 0 amide bonds. The van der Waals surface area contributed by atoms with Gasteiger partial charge in [0, 0.05) is 73.0 Å². The van der Waals surface area contributed by atoms with E-state index in [1.165, 1.54) is 40.6 Å². The third-order valence-electron chi connectivity index (χ3n) is 11.4. The zero-order valence-corrected chi connectivity index (χ0v) is 31.8. The van der Waals surface area contributed by atoms with Crippen molar-refractivity contribution >= 4 is 23.7 Å². The Morgan fingerprint density at radius 3 is 1.38 bits per heavy atom. The molecule has 0 radical (unpaired) electrons. The van der Waals surface area contributed by atoms with Gasteiger partial charge in [0.2, 0.25) is 12.6 Å². The van der Waals surface area contributed by atoms with E-state index in [1.807, 2.05) is 13.8 Å². The quantitative estimate of drug-likeness (QED) is 0.212. The Hall–Kier alpha value is -5.74. The summed E-state index contributed by atoms with van der Waals surface area (Å²) < 4.78 is 45.2. The Morgan fingerprint density at radius 2 is 1.05 bits per heavy atom. The van der Waals surface area contributed by atoms with Gasteiger partial charge in [-0.25, -0.2) is 0 Å². The number of carbonyl (C=O) groups excluding carboxylic acids is 2. The highest BCUT2D eigenvalue weighted by atomic mass is 16.7. The molecule has 6 atom stereocenters. The van der Waals surface area contributed by atoms with Crippen molar-refractivity contribution in [1.29, 1.82) is 0 Å². The van der Waals surface area contributed by atoms with Gasteiger partial charge in [0.05, 0.1) is 50.1 Å². The fourth-order valence-corrected chi connectivity index (χ4v) is 9.20. The van der Waals surface area contributed by atoms with Crippen LogP contribution in [0.1, 0.15) is 61.8 Å². The van der Waals surface area contributed by atoms with Crippen molar-refractivity contribution < 1.29 is 57.3 Å². The van der Waals surface area contributed by atoms with Crippen molar-refractivity contribution in [3.8, 4) is 23.0 Å². The second kappa shape index (κ2) is 14.7. The number of nitrogens with zero attached hydrogens (tertiary/aromatic N) is 2. The number of hydrogen-bond acceptors (Lipinski definition) is 14. The van der Waals surface area contributed by atoms with Gasteiger partial charge >= 0.3 is 0 Å². The molecule has 0 bridgehead atoms. The van der Waals surface area contributed by atoms with Crippen molar-refractivity contribution in [2.45, 2.75) is 62.9 Å². The first-order chi connectivity index (χ1) is 26.9. The molecule has 0 fully saturated rings. The molecule has 8 rings (SSSR count). The molecule has 2 aliphatic heterocycles. The minimum absolute atomic E-state index is 0.0125. The summed E-state index contributed by atoms with van der Waals surface area (Å²) in [6.07, 6.45) is 5.90. The lowest BCUT2D eigenvalue weighted by molar-refractivity contribution is -0.434. The maximum Gasteiger partial charge on any atom is 0.251 e. The fourth-order valence-electron chi connectivity index (χ4n) is 9.20. The van der Waals surface area contributed by atoms with Gasteiger partial charge in [0.25, 0.3) is 11.4 Å². The third-order valence-corrected chi connectivity index (χ3v) is 11.4. The summed E-state index contributed by atoms with van der Waals surface area (Å²) in [5, 5.41) is 23.7. The van der Waals surface area contributed by atoms with Crippen molar-refractivity contribution in [3.63, 3.8) is 0 Å². The Labute approximate surface area is 321 Å². The van der Waals surface area contributed by atoms with Crippen LogP contribution in [-0.2, 0) is 39.4 Å². The maximum absolute atomic E-state index is 12.5. The smallest absolute Gasteiger partial charge is 0.251 e. The molecule has 0 saturated carbocycles. The normalized spacial score (nSPS) is 27.6. The van der Waals surface area contributed by atoms with Gasteiger partial charge in [0.1, 0.15) is 0 Å². The van der Waals surface area contributed by atoms with E-state index in [0.717, 1.165) is 11.1 Å². The predicted octanol–water partition coefficient (Wildman–Crippen LogP) is 5.66. The van der Waals surface area contributed by atoms with Crippen LogP contribution in [0.5, 0.6) is 23.0 Å². The molecule has 6 aliphatic rings. The van der Waals surface area contributed by atoms with Crippen molar-refractivity contribution in [3.05, 3.63) is 102 Å². The number of hydrogen-bond donors (Lipinski definition) is 0. The molecule has 56 heavy (non-hydrogen) atoms. The Balaban J connectivity index is 0.000000172. The molecule has 4 aliphatic carbocycles. The zero-order valence-electron chi connectivity index (χ0n) is 31.8. The number of rotatable bonds is 10. The van der Waals surface area contributed by atoms with Crippen LogP contribution < -0.4 is 18.9 Å². The highest BCUT2D eigenvalue weighted by Crippen LogP contribution is 2.60. The van der Waals surface area contributed by atoms with Gasteiger partial charge in [-0.05, 0) is 49.3 Å². The monoisotopic (exact) mass is 774 g/mol. The lowest BCUT2D eigenvalue weighted by atomic mass is 9.58. The van der Waals surface area contributed by atoms with E-state index >= 15 is 0 Å². The largest absolute Gasteiger partial charge is 0.493 e. The van der Waals surface area contributed by atoms with E-state index < -0.39 is 45.1 Å². The number of carbonyl (C=O) groups is 2. The predicted molar refractivity (Wildman–Crippen MR) is 197 cm³/mol. The summed E-state index contributed by atoms with van der Waals surface area (Å²) >= 11 is 0. The van der Waals surface area contributed by atoms with Crippen LogP contribution in [0.4, 0.5) is 0 Å². The summed E-state index contributed by atoms with van der Waals surface area (Å²) in [7, 11) is 5.94. The van der Waals surface area contributed by atoms with Crippen molar-refractivity contribution in [1.82, 2.24) is 0 Å². The third kappa shape index (κ3) is 5.98. The van der Waals surface area contributed by atoms with Crippen LogP contribution in [0.25, 0.3) is 12.2 Å². The van der Waals surface area contributed by atoms with E-state index in [0.29, 0.717) is 60.2 Å². The summed E-state index contributed by atoms with van der Waals surface area (Å²) in [4.78, 5) is 48.0. The molecule has 2 aromatic carbocycles. The summed E-state index contributed by atoms with van der Waals surface area (Å²) in [5.41, 5.74) is 1.23. The molecular formula is C40H42N2O14. The molecule has 2 aromatic rings. The van der Waals surface area contributed by atoms with Gasteiger partial charge in [-0.1, -0.05) is 12.1 Å². The first-order valence-corrected chi connectivity index (χ1v) is 18.2. The molecule has 0 N–H and O–H groups in total. The number of benzene rings is 2. The number of nitro groups is 2. The summed E-state index contributed by atoms with van der Waals surface area (Å²) in [6.45, 7) is 4.54. The summed E-state index contributed by atoms with van der Waals surface area (Å²) in [6, 6.07) is 7.00. The average Bonchev–Trinajstić information content (AvgIpc) is 3.17. The topological polar surface area (TPSA) is 194 Å². The first-order valence-electron chi connectivity index (χ1n) is 18.2.